The van der Waals surface area contributed by atoms with Crippen LogP contribution in [0.1, 0.15) is 117 Å². The number of hydrogen-bond acceptors (Lipinski definition) is 0. The van der Waals surface area contributed by atoms with E-state index in [9.17, 15) is 0 Å². The normalized spacial score (nSPS) is 9.00. The number of halogens is 3. The van der Waals surface area contributed by atoms with E-state index in [0.29, 0.717) is 0 Å². The second-order valence-corrected chi connectivity index (χ2v) is 5.95. The molecule has 0 atom stereocenters. The van der Waals surface area contributed by atoms with Crippen LogP contribution >= 0.6 is 37.2 Å². The molecule has 22 heavy (non-hydrogen) atoms. The maximum atomic E-state index is 2.29. The van der Waals surface area contributed by atoms with Gasteiger partial charge in [-0.05, 0) is 11.0 Å². The zero-order valence-electron chi connectivity index (χ0n) is 14.5. The van der Waals surface area contributed by atoms with Crippen LogP contribution in [0.5, 0.6) is 0 Å². The minimum atomic E-state index is 0. The SMILES string of the molecule is CCCCCCCCCCCCCCCCCC.Cl.Cl.Cl.[SiH4]. The highest BCUT2D eigenvalue weighted by atomic mass is 35.5. The first-order chi connectivity index (χ1) is 8.91. The van der Waals surface area contributed by atoms with Gasteiger partial charge < -0.3 is 0 Å². The summed E-state index contributed by atoms with van der Waals surface area (Å²) < 4.78 is 0. The summed E-state index contributed by atoms with van der Waals surface area (Å²) in [4.78, 5) is 0. The predicted octanol–water partition coefficient (Wildman–Crippen LogP) is 7.08. The monoisotopic (exact) mass is 394 g/mol. The summed E-state index contributed by atoms with van der Waals surface area (Å²) in [6, 6.07) is 0. The maximum Gasteiger partial charge on any atom is -0.0149 e. The summed E-state index contributed by atoms with van der Waals surface area (Å²) in [5.74, 6) is 0. The van der Waals surface area contributed by atoms with Crippen LogP contribution in [-0.4, -0.2) is 11.0 Å². The van der Waals surface area contributed by atoms with Gasteiger partial charge in [-0.1, -0.05) is 117 Å². The van der Waals surface area contributed by atoms with E-state index in [1.165, 1.54) is 103 Å². The molecule has 0 radical (unpaired) electrons. The Morgan fingerprint density at radius 2 is 0.455 bits per heavy atom. The van der Waals surface area contributed by atoms with E-state index in [2.05, 4.69) is 13.8 Å². The Labute approximate surface area is 164 Å². The Morgan fingerprint density at radius 1 is 0.318 bits per heavy atom. The molecule has 0 nitrogen and oxygen atoms in total. The van der Waals surface area contributed by atoms with Crippen LogP contribution in [0.2, 0.25) is 0 Å². The van der Waals surface area contributed by atoms with Crippen LogP contribution < -0.4 is 0 Å². The molecule has 0 saturated carbocycles. The van der Waals surface area contributed by atoms with E-state index in [-0.39, 0.29) is 48.2 Å². The zero-order valence-corrected chi connectivity index (χ0v) is 17.0. The van der Waals surface area contributed by atoms with Gasteiger partial charge in [0.25, 0.3) is 0 Å². The largest absolute Gasteiger partial charge is 0.147 e. The van der Waals surface area contributed by atoms with Crippen LogP contribution in [0.4, 0.5) is 0 Å². The first kappa shape index (κ1) is 34.4. The molecule has 0 saturated heterocycles. The molecule has 0 bridgehead atoms. The molecule has 0 aromatic carbocycles. The molecule has 4 heteroatoms. The van der Waals surface area contributed by atoms with Crippen molar-refractivity contribution in [2.24, 2.45) is 0 Å². The minimum absolute atomic E-state index is 0. The van der Waals surface area contributed by atoms with Gasteiger partial charge in [0.1, 0.15) is 0 Å². The maximum absolute atomic E-state index is 2.29. The van der Waals surface area contributed by atoms with Crippen LogP contribution in [0.15, 0.2) is 0 Å². The molecule has 0 heterocycles. The minimum Gasteiger partial charge on any atom is -0.147 e. The van der Waals surface area contributed by atoms with Crippen molar-refractivity contribution in [2.45, 2.75) is 117 Å². The molecule has 142 valence electrons. The topological polar surface area (TPSA) is 0 Å². The van der Waals surface area contributed by atoms with Gasteiger partial charge in [0.2, 0.25) is 0 Å². The van der Waals surface area contributed by atoms with E-state index >= 15 is 0 Å². The van der Waals surface area contributed by atoms with Crippen molar-refractivity contribution in [3.8, 4) is 0 Å². The number of hydrogen-bond donors (Lipinski definition) is 0. The summed E-state index contributed by atoms with van der Waals surface area (Å²) >= 11 is 0. The van der Waals surface area contributed by atoms with Crippen molar-refractivity contribution in [3.05, 3.63) is 0 Å². The average Bonchev–Trinajstić information content (AvgIpc) is 2.39. The molecule has 0 N–H and O–H groups in total. The standard InChI is InChI=1S/C18H38.3ClH.H4Si/c1-3-5-7-9-11-13-15-17-18-16-14-12-10-8-6-4-2;;;;/h3-18H2,1-2H3;3*1H;1H4. The highest BCUT2D eigenvalue weighted by molar-refractivity contribution is 5.86. The summed E-state index contributed by atoms with van der Waals surface area (Å²) in [6.07, 6.45) is 23.4. The lowest BCUT2D eigenvalue weighted by atomic mass is 10.0. The van der Waals surface area contributed by atoms with Crippen LogP contribution in [0, 0.1) is 0 Å². The van der Waals surface area contributed by atoms with Gasteiger partial charge in [0.05, 0.1) is 0 Å². The molecule has 0 aromatic rings. The highest BCUT2D eigenvalue weighted by Gasteiger charge is 1.93. The fourth-order valence-corrected chi connectivity index (χ4v) is 2.62. The quantitative estimate of drug-likeness (QED) is 0.205. The summed E-state index contributed by atoms with van der Waals surface area (Å²) in [6.45, 7) is 4.59. The summed E-state index contributed by atoms with van der Waals surface area (Å²) in [5.41, 5.74) is 0. The molecule has 0 aliphatic rings. The molecule has 0 rings (SSSR count). The zero-order chi connectivity index (χ0) is 13.3. The van der Waals surface area contributed by atoms with Crippen LogP contribution in [-0.2, 0) is 0 Å². The summed E-state index contributed by atoms with van der Waals surface area (Å²) in [5, 5.41) is 0. The second-order valence-electron chi connectivity index (χ2n) is 5.95. The van der Waals surface area contributed by atoms with Crippen molar-refractivity contribution in [2.75, 3.05) is 0 Å². The van der Waals surface area contributed by atoms with Crippen molar-refractivity contribution < 1.29 is 0 Å². The lowest BCUT2D eigenvalue weighted by Crippen LogP contribution is -1.83. The Bertz CT molecular complexity index is 130. The Morgan fingerprint density at radius 3 is 0.591 bits per heavy atom. The average molecular weight is 396 g/mol. The molecule has 0 aliphatic carbocycles. The van der Waals surface area contributed by atoms with Crippen LogP contribution in [0.25, 0.3) is 0 Å². The lowest BCUT2D eigenvalue weighted by Gasteiger charge is -2.03. The van der Waals surface area contributed by atoms with E-state index in [0.717, 1.165) is 0 Å². The molecule has 0 aliphatic heterocycles. The van der Waals surface area contributed by atoms with Gasteiger partial charge in [-0.25, -0.2) is 0 Å². The molecule has 0 aromatic heterocycles. The Balaban J connectivity index is -0.000000241. The third-order valence-corrected chi connectivity index (χ3v) is 3.96. The van der Waals surface area contributed by atoms with E-state index in [1.807, 2.05) is 0 Å². The lowest BCUT2D eigenvalue weighted by molar-refractivity contribution is 0.531. The van der Waals surface area contributed by atoms with E-state index in [4.69, 9.17) is 0 Å². The van der Waals surface area contributed by atoms with Gasteiger partial charge >= 0.3 is 0 Å². The third kappa shape index (κ3) is 32.9. The molecular weight excluding hydrogens is 351 g/mol. The van der Waals surface area contributed by atoms with Gasteiger partial charge in [-0.15, -0.1) is 37.2 Å². The Hall–Kier alpha value is 1.09. The summed E-state index contributed by atoms with van der Waals surface area (Å²) in [7, 11) is 0. The number of unbranched alkanes of at least 4 members (excludes halogenated alkanes) is 15. The van der Waals surface area contributed by atoms with Crippen molar-refractivity contribution in [1.29, 1.82) is 0 Å². The van der Waals surface area contributed by atoms with Crippen molar-refractivity contribution in [3.63, 3.8) is 0 Å². The first-order valence-electron chi connectivity index (χ1n) is 8.91. The first-order valence-corrected chi connectivity index (χ1v) is 8.91. The van der Waals surface area contributed by atoms with Crippen molar-refractivity contribution in [1.82, 2.24) is 0 Å². The molecule has 0 fully saturated rings. The highest BCUT2D eigenvalue weighted by Crippen LogP contribution is 2.13. The van der Waals surface area contributed by atoms with Crippen molar-refractivity contribution >= 4 is 48.2 Å². The number of rotatable bonds is 15. The van der Waals surface area contributed by atoms with Gasteiger partial charge in [0.15, 0.2) is 0 Å². The molecular formula is C18H45Cl3Si. The second kappa shape index (κ2) is 33.6. The van der Waals surface area contributed by atoms with Crippen LogP contribution in [0.3, 0.4) is 0 Å². The molecule has 0 amide bonds. The molecule has 0 spiro atoms. The van der Waals surface area contributed by atoms with Gasteiger partial charge in [-0.2, -0.15) is 0 Å². The third-order valence-electron chi connectivity index (χ3n) is 3.96. The fraction of sp³-hybridized carbons (Fsp3) is 1.00. The Kier molecular flexibility index (Phi) is 52.6. The van der Waals surface area contributed by atoms with Gasteiger partial charge in [0, 0.05) is 0 Å². The smallest absolute Gasteiger partial charge is 0.0149 e. The molecule has 0 unspecified atom stereocenters. The van der Waals surface area contributed by atoms with E-state index in [1.54, 1.807) is 0 Å². The predicted molar refractivity (Wildman–Crippen MR) is 118 cm³/mol. The van der Waals surface area contributed by atoms with Gasteiger partial charge in [-0.3, -0.25) is 0 Å². The fourth-order valence-electron chi connectivity index (χ4n) is 2.62. The van der Waals surface area contributed by atoms with E-state index < -0.39 is 0 Å².